The molecule has 0 radical (unpaired) electrons. The molecule has 6 nitrogen and oxygen atoms in total. The molecule has 0 aliphatic carbocycles. The first kappa shape index (κ1) is 21.4. The number of hydrogen-bond acceptors (Lipinski definition) is 6. The Morgan fingerprint density at radius 3 is 2.57 bits per heavy atom. The average molecular weight is 405 g/mol. The third-order valence-electron chi connectivity index (χ3n) is 5.12. The van der Waals surface area contributed by atoms with Gasteiger partial charge in [0.05, 0.1) is 7.11 Å². The van der Waals surface area contributed by atoms with Crippen molar-refractivity contribution < 1.29 is 14.3 Å². The maximum Gasteiger partial charge on any atom is 0.171 e. The van der Waals surface area contributed by atoms with Crippen LogP contribution in [-0.4, -0.2) is 37.0 Å². The van der Waals surface area contributed by atoms with E-state index in [0.29, 0.717) is 17.2 Å². The number of allylic oxidation sites excluding steroid dienone is 1. The number of hydrogen-bond donors (Lipinski definition) is 1. The predicted molar refractivity (Wildman–Crippen MR) is 116 cm³/mol. The molecule has 6 heteroatoms. The van der Waals surface area contributed by atoms with Crippen LogP contribution in [-0.2, 0) is 11.3 Å². The largest absolute Gasteiger partial charge is 0.493 e. The number of Topliss-reactive ketones (excluding diaryl/α,β-unsaturated/α-hetero) is 1. The summed E-state index contributed by atoms with van der Waals surface area (Å²) >= 11 is 0. The minimum absolute atomic E-state index is 0.0663. The lowest BCUT2D eigenvalue weighted by molar-refractivity contribution is -0.113. The number of piperidine rings is 1. The van der Waals surface area contributed by atoms with E-state index in [1.165, 1.54) is 18.7 Å². The number of rotatable bonds is 8. The lowest BCUT2D eigenvalue weighted by Gasteiger charge is -2.32. The van der Waals surface area contributed by atoms with E-state index in [4.69, 9.17) is 14.7 Å². The number of nitrogens with one attached hydrogen (secondary N) is 1. The molecular formula is C24H27N3O3. The molecule has 2 aromatic rings. The van der Waals surface area contributed by atoms with E-state index in [-0.39, 0.29) is 17.5 Å². The Morgan fingerprint density at radius 2 is 1.93 bits per heavy atom. The van der Waals surface area contributed by atoms with Gasteiger partial charge in [0, 0.05) is 37.6 Å². The molecule has 1 saturated heterocycles. The highest BCUT2D eigenvalue weighted by Gasteiger charge is 2.21. The normalized spacial score (nSPS) is 15.3. The number of likely N-dealkylation sites (tertiary alicyclic amines) is 1. The molecule has 1 fully saturated rings. The van der Waals surface area contributed by atoms with E-state index >= 15 is 0 Å². The molecule has 2 aromatic carbocycles. The number of ether oxygens (including phenoxy) is 2. The van der Waals surface area contributed by atoms with Gasteiger partial charge in [0.25, 0.3) is 0 Å². The predicted octanol–water partition coefficient (Wildman–Crippen LogP) is 4.15. The molecule has 0 bridgehead atoms. The van der Waals surface area contributed by atoms with Gasteiger partial charge in [-0.15, -0.1) is 0 Å². The summed E-state index contributed by atoms with van der Waals surface area (Å²) in [5.74, 6) is 1.03. The quantitative estimate of drug-likeness (QED) is 0.525. The average Bonchev–Trinajstić information content (AvgIpc) is 2.77. The van der Waals surface area contributed by atoms with Crippen molar-refractivity contribution in [2.24, 2.45) is 0 Å². The summed E-state index contributed by atoms with van der Waals surface area (Å²) in [6, 6.07) is 17.9. The lowest BCUT2D eigenvalue weighted by atomic mass is 10.1. The van der Waals surface area contributed by atoms with Crippen LogP contribution in [0.1, 0.15) is 25.3 Å². The molecule has 0 saturated carbocycles. The minimum Gasteiger partial charge on any atom is -0.493 e. The fourth-order valence-corrected chi connectivity index (χ4v) is 3.43. The number of benzene rings is 2. The summed E-state index contributed by atoms with van der Waals surface area (Å²) in [5, 5.41) is 11.9. The number of anilines is 1. The third-order valence-corrected chi connectivity index (χ3v) is 5.12. The van der Waals surface area contributed by atoms with Gasteiger partial charge in [0.15, 0.2) is 17.3 Å². The summed E-state index contributed by atoms with van der Waals surface area (Å²) in [5.41, 5.74) is 2.11. The Hall–Kier alpha value is -3.30. The third kappa shape index (κ3) is 5.85. The maximum atomic E-state index is 11.3. The van der Waals surface area contributed by atoms with E-state index in [9.17, 15) is 4.79 Å². The van der Waals surface area contributed by atoms with E-state index in [0.717, 1.165) is 32.5 Å². The van der Waals surface area contributed by atoms with Gasteiger partial charge in [-0.3, -0.25) is 9.69 Å². The summed E-state index contributed by atoms with van der Waals surface area (Å²) < 4.78 is 11.7. The Kier molecular flexibility index (Phi) is 7.47. The van der Waals surface area contributed by atoms with Crippen LogP contribution >= 0.6 is 0 Å². The van der Waals surface area contributed by atoms with E-state index in [1.807, 2.05) is 24.3 Å². The molecule has 30 heavy (non-hydrogen) atoms. The topological polar surface area (TPSA) is 74.6 Å². The van der Waals surface area contributed by atoms with Crippen LogP contribution in [0, 0.1) is 11.3 Å². The summed E-state index contributed by atoms with van der Waals surface area (Å²) in [4.78, 5) is 13.8. The van der Waals surface area contributed by atoms with Crippen LogP contribution in [0.25, 0.3) is 0 Å². The smallest absolute Gasteiger partial charge is 0.171 e. The molecule has 0 amide bonds. The van der Waals surface area contributed by atoms with E-state index in [2.05, 4.69) is 34.5 Å². The van der Waals surface area contributed by atoms with Gasteiger partial charge in [-0.2, -0.15) is 5.26 Å². The van der Waals surface area contributed by atoms with Crippen molar-refractivity contribution in [1.29, 1.82) is 5.26 Å². The number of methoxy groups -OCH3 is 1. The Labute approximate surface area is 177 Å². The standard InChI is InChI=1S/C24H27N3O3/c1-18(28)20(15-25)16-26-21-8-9-23(24(14-21)29-2)30-22-10-12-27(13-11-22)17-19-6-4-3-5-7-19/h3-9,14,16,22,26H,10-13,17H2,1-2H3/b20-16+. The molecule has 0 atom stereocenters. The van der Waals surface area contributed by atoms with Gasteiger partial charge < -0.3 is 14.8 Å². The van der Waals surface area contributed by atoms with Crippen molar-refractivity contribution in [3.8, 4) is 17.6 Å². The van der Waals surface area contributed by atoms with Crippen molar-refractivity contribution in [2.45, 2.75) is 32.4 Å². The molecule has 3 rings (SSSR count). The first-order chi connectivity index (χ1) is 14.6. The fraction of sp³-hybridized carbons (Fsp3) is 0.333. The van der Waals surface area contributed by atoms with E-state index in [1.54, 1.807) is 13.2 Å². The van der Waals surface area contributed by atoms with Gasteiger partial charge in [-0.1, -0.05) is 30.3 Å². The van der Waals surface area contributed by atoms with Crippen molar-refractivity contribution >= 4 is 11.5 Å². The number of carbonyl (C=O) groups is 1. The summed E-state index contributed by atoms with van der Waals surface area (Å²) in [7, 11) is 1.60. The highest BCUT2D eigenvalue weighted by molar-refractivity contribution is 5.97. The van der Waals surface area contributed by atoms with Gasteiger partial charge in [-0.05, 0) is 37.5 Å². The Morgan fingerprint density at radius 1 is 1.20 bits per heavy atom. The monoisotopic (exact) mass is 405 g/mol. The Bertz CT molecular complexity index is 926. The molecule has 156 valence electrons. The zero-order chi connectivity index (χ0) is 21.3. The molecule has 0 aromatic heterocycles. The van der Waals surface area contributed by atoms with Crippen LogP contribution in [0.3, 0.4) is 0 Å². The van der Waals surface area contributed by atoms with Crippen LogP contribution in [0.2, 0.25) is 0 Å². The molecule has 1 heterocycles. The van der Waals surface area contributed by atoms with Gasteiger partial charge in [0.2, 0.25) is 0 Å². The number of carbonyl (C=O) groups excluding carboxylic acids is 1. The Balaban J connectivity index is 1.56. The number of ketones is 1. The van der Waals surface area contributed by atoms with Gasteiger partial charge in [-0.25, -0.2) is 0 Å². The second-order valence-electron chi connectivity index (χ2n) is 7.31. The first-order valence-electron chi connectivity index (χ1n) is 10.1. The summed E-state index contributed by atoms with van der Waals surface area (Å²) in [6.07, 6.45) is 3.47. The van der Waals surface area contributed by atoms with Crippen molar-refractivity contribution in [1.82, 2.24) is 4.90 Å². The van der Waals surface area contributed by atoms with Gasteiger partial charge >= 0.3 is 0 Å². The molecule has 1 aliphatic rings. The molecule has 1 aliphatic heterocycles. The number of nitrogens with zero attached hydrogens (tertiary/aromatic N) is 2. The highest BCUT2D eigenvalue weighted by atomic mass is 16.5. The zero-order valence-electron chi connectivity index (χ0n) is 17.4. The van der Waals surface area contributed by atoms with Crippen molar-refractivity contribution in [3.05, 3.63) is 65.9 Å². The van der Waals surface area contributed by atoms with Crippen LogP contribution < -0.4 is 14.8 Å². The lowest BCUT2D eigenvalue weighted by Crippen LogP contribution is -2.37. The molecule has 1 N–H and O–H groups in total. The number of nitriles is 1. The van der Waals surface area contributed by atoms with Gasteiger partial charge in [0.1, 0.15) is 17.7 Å². The second-order valence-corrected chi connectivity index (χ2v) is 7.31. The van der Waals surface area contributed by atoms with E-state index < -0.39 is 0 Å². The first-order valence-corrected chi connectivity index (χ1v) is 10.1. The molecule has 0 unspecified atom stereocenters. The zero-order valence-corrected chi connectivity index (χ0v) is 17.4. The SMILES string of the molecule is COc1cc(N/C=C(\C#N)C(C)=O)ccc1OC1CCN(Cc2ccccc2)CC1. The second kappa shape index (κ2) is 10.5. The molecular weight excluding hydrogens is 378 g/mol. The van der Waals surface area contributed by atoms with Crippen LogP contribution in [0.5, 0.6) is 11.5 Å². The maximum absolute atomic E-state index is 11.3. The van der Waals surface area contributed by atoms with Crippen molar-refractivity contribution in [2.75, 3.05) is 25.5 Å². The van der Waals surface area contributed by atoms with Crippen molar-refractivity contribution in [3.63, 3.8) is 0 Å². The highest BCUT2D eigenvalue weighted by Crippen LogP contribution is 2.32. The fourth-order valence-electron chi connectivity index (χ4n) is 3.43. The van der Waals surface area contributed by atoms with Crippen LogP contribution in [0.4, 0.5) is 5.69 Å². The minimum atomic E-state index is -0.282. The molecule has 0 spiro atoms. The summed E-state index contributed by atoms with van der Waals surface area (Å²) in [6.45, 7) is 4.32. The van der Waals surface area contributed by atoms with Crippen LogP contribution in [0.15, 0.2) is 60.3 Å².